The summed E-state index contributed by atoms with van der Waals surface area (Å²) in [5.41, 5.74) is 3.44. The third-order valence-electron chi connectivity index (χ3n) is 3.60. The van der Waals surface area contributed by atoms with Crippen LogP contribution in [-0.4, -0.2) is 31.4 Å². The molecule has 0 radical (unpaired) electrons. The molecule has 0 saturated carbocycles. The lowest BCUT2D eigenvalue weighted by molar-refractivity contribution is -0.119. The Labute approximate surface area is 142 Å². The molecule has 2 aromatic carbocycles. The van der Waals surface area contributed by atoms with Crippen LogP contribution < -0.4 is 10.6 Å². The van der Waals surface area contributed by atoms with Gasteiger partial charge in [-0.1, -0.05) is 24.3 Å². The number of hydrogen-bond acceptors (Lipinski definition) is 3. The number of rotatable bonds is 7. The monoisotopic (exact) mass is 329 g/mol. The molecule has 0 aliphatic heterocycles. The molecule has 0 bridgehead atoms. The first-order valence-electron chi connectivity index (χ1n) is 7.93. The van der Waals surface area contributed by atoms with Crippen LogP contribution in [0.25, 0.3) is 0 Å². The minimum absolute atomic E-state index is 0.131. The lowest BCUT2D eigenvalue weighted by Gasteiger charge is -2.12. The van der Waals surface area contributed by atoms with Gasteiger partial charge in [0, 0.05) is 18.8 Å². The van der Waals surface area contributed by atoms with Crippen molar-refractivity contribution in [1.82, 2.24) is 10.2 Å². The highest BCUT2D eigenvalue weighted by Gasteiger charge is 2.04. The minimum Gasteiger partial charge on any atom is -0.376 e. The molecule has 1 amide bonds. The summed E-state index contributed by atoms with van der Waals surface area (Å²) in [6.07, 6.45) is 0. The van der Waals surface area contributed by atoms with Crippen molar-refractivity contribution >= 4 is 11.6 Å². The van der Waals surface area contributed by atoms with E-state index in [-0.39, 0.29) is 18.3 Å². The highest BCUT2D eigenvalue weighted by Crippen LogP contribution is 2.12. The number of carbonyl (C=O) groups is 1. The molecule has 0 aliphatic rings. The zero-order valence-electron chi connectivity index (χ0n) is 14.4. The molecule has 0 unspecified atom stereocenters. The van der Waals surface area contributed by atoms with Gasteiger partial charge in [0.15, 0.2) is 0 Å². The van der Waals surface area contributed by atoms with Crippen molar-refractivity contribution in [2.24, 2.45) is 0 Å². The van der Waals surface area contributed by atoms with Gasteiger partial charge in [-0.15, -0.1) is 0 Å². The zero-order chi connectivity index (χ0) is 17.5. The number of halogens is 1. The Morgan fingerprint density at radius 1 is 1.12 bits per heavy atom. The summed E-state index contributed by atoms with van der Waals surface area (Å²) < 4.78 is 13.5. The summed E-state index contributed by atoms with van der Waals surface area (Å²) >= 11 is 0. The molecule has 2 rings (SSSR count). The number of hydrogen-bond donors (Lipinski definition) is 2. The van der Waals surface area contributed by atoms with E-state index in [2.05, 4.69) is 21.6 Å². The van der Waals surface area contributed by atoms with Gasteiger partial charge in [0.25, 0.3) is 0 Å². The number of anilines is 1. The first kappa shape index (κ1) is 17.9. The molecule has 0 aliphatic carbocycles. The predicted molar refractivity (Wildman–Crippen MR) is 95.3 cm³/mol. The topological polar surface area (TPSA) is 44.4 Å². The Kier molecular flexibility index (Phi) is 6.32. The normalized spacial score (nSPS) is 10.7. The van der Waals surface area contributed by atoms with Crippen molar-refractivity contribution < 1.29 is 9.18 Å². The SMILES string of the molecule is Cc1ccc(CNC(=O)CNc2cccc(CN(C)C)c2)cc1F. The van der Waals surface area contributed by atoms with Gasteiger partial charge < -0.3 is 15.5 Å². The van der Waals surface area contributed by atoms with Gasteiger partial charge in [-0.2, -0.15) is 0 Å². The fourth-order valence-corrected chi connectivity index (χ4v) is 2.34. The van der Waals surface area contributed by atoms with Crippen LogP contribution in [-0.2, 0) is 17.9 Å². The van der Waals surface area contributed by atoms with Crippen molar-refractivity contribution in [3.8, 4) is 0 Å². The summed E-state index contributed by atoms with van der Waals surface area (Å²) in [6.45, 7) is 3.06. The van der Waals surface area contributed by atoms with E-state index >= 15 is 0 Å². The number of amides is 1. The van der Waals surface area contributed by atoms with E-state index in [1.807, 2.05) is 38.4 Å². The van der Waals surface area contributed by atoms with Crippen LogP contribution in [0.3, 0.4) is 0 Å². The molecule has 24 heavy (non-hydrogen) atoms. The number of benzene rings is 2. The van der Waals surface area contributed by atoms with Gasteiger partial charge in [0.2, 0.25) is 5.91 Å². The molecule has 2 N–H and O–H groups in total. The van der Waals surface area contributed by atoms with E-state index in [1.165, 1.54) is 11.6 Å². The summed E-state index contributed by atoms with van der Waals surface area (Å²) in [5, 5.41) is 5.90. The Hall–Kier alpha value is -2.40. The van der Waals surface area contributed by atoms with E-state index in [1.54, 1.807) is 13.0 Å². The molecule has 0 spiro atoms. The smallest absolute Gasteiger partial charge is 0.239 e. The van der Waals surface area contributed by atoms with E-state index in [9.17, 15) is 9.18 Å². The standard InChI is InChI=1S/C19H24FN3O/c1-14-7-8-15(10-18(14)20)11-22-19(24)12-21-17-6-4-5-16(9-17)13-23(2)3/h4-10,21H,11-13H2,1-3H3,(H,22,24). The molecule has 0 fully saturated rings. The van der Waals surface area contributed by atoms with E-state index in [0.717, 1.165) is 17.8 Å². The van der Waals surface area contributed by atoms with Crippen molar-refractivity contribution in [2.75, 3.05) is 26.0 Å². The maximum atomic E-state index is 13.5. The van der Waals surface area contributed by atoms with Crippen LogP contribution in [0.2, 0.25) is 0 Å². The van der Waals surface area contributed by atoms with Crippen LogP contribution in [0.5, 0.6) is 0 Å². The Morgan fingerprint density at radius 3 is 2.62 bits per heavy atom. The average Bonchev–Trinajstić information content (AvgIpc) is 2.54. The number of nitrogens with zero attached hydrogens (tertiary/aromatic N) is 1. The van der Waals surface area contributed by atoms with E-state index < -0.39 is 0 Å². The van der Waals surface area contributed by atoms with Crippen LogP contribution >= 0.6 is 0 Å². The molecule has 2 aromatic rings. The highest BCUT2D eigenvalue weighted by atomic mass is 19.1. The third-order valence-corrected chi connectivity index (χ3v) is 3.60. The molecule has 4 nitrogen and oxygen atoms in total. The summed E-state index contributed by atoms with van der Waals surface area (Å²) in [7, 11) is 4.03. The molecule has 0 aromatic heterocycles. The first-order chi connectivity index (χ1) is 11.4. The predicted octanol–water partition coefficient (Wildman–Crippen LogP) is 2.92. The van der Waals surface area contributed by atoms with E-state index in [4.69, 9.17) is 0 Å². The molecule has 0 saturated heterocycles. The van der Waals surface area contributed by atoms with Crippen LogP contribution in [0.1, 0.15) is 16.7 Å². The molecular formula is C19H24FN3O. The maximum Gasteiger partial charge on any atom is 0.239 e. The van der Waals surface area contributed by atoms with Gasteiger partial charge in [-0.05, 0) is 55.9 Å². The van der Waals surface area contributed by atoms with Gasteiger partial charge in [-0.25, -0.2) is 4.39 Å². The van der Waals surface area contributed by atoms with Gasteiger partial charge in [0.05, 0.1) is 6.54 Å². The van der Waals surface area contributed by atoms with Crippen molar-refractivity contribution in [2.45, 2.75) is 20.0 Å². The molecule has 128 valence electrons. The maximum absolute atomic E-state index is 13.5. The summed E-state index contributed by atoms with van der Waals surface area (Å²) in [5.74, 6) is -0.383. The van der Waals surface area contributed by atoms with E-state index in [0.29, 0.717) is 12.1 Å². The third kappa shape index (κ3) is 5.66. The Balaban J connectivity index is 1.81. The molecule has 0 heterocycles. The first-order valence-corrected chi connectivity index (χ1v) is 7.93. The molecular weight excluding hydrogens is 305 g/mol. The van der Waals surface area contributed by atoms with Crippen molar-refractivity contribution in [3.05, 3.63) is 65.0 Å². The second-order valence-corrected chi connectivity index (χ2v) is 6.15. The Morgan fingerprint density at radius 2 is 1.92 bits per heavy atom. The minimum atomic E-state index is -0.252. The second-order valence-electron chi connectivity index (χ2n) is 6.15. The van der Waals surface area contributed by atoms with Crippen LogP contribution in [0.4, 0.5) is 10.1 Å². The largest absolute Gasteiger partial charge is 0.376 e. The number of carbonyl (C=O) groups excluding carboxylic acids is 1. The van der Waals surface area contributed by atoms with Gasteiger partial charge in [-0.3, -0.25) is 4.79 Å². The van der Waals surface area contributed by atoms with Crippen molar-refractivity contribution in [1.29, 1.82) is 0 Å². The number of aryl methyl sites for hydroxylation is 1. The summed E-state index contributed by atoms with van der Waals surface area (Å²) in [4.78, 5) is 14.0. The molecule has 0 atom stereocenters. The van der Waals surface area contributed by atoms with Crippen LogP contribution in [0.15, 0.2) is 42.5 Å². The summed E-state index contributed by atoms with van der Waals surface area (Å²) in [6, 6.07) is 13.0. The highest BCUT2D eigenvalue weighted by molar-refractivity contribution is 5.80. The lowest BCUT2D eigenvalue weighted by atomic mass is 10.1. The fourth-order valence-electron chi connectivity index (χ4n) is 2.34. The van der Waals surface area contributed by atoms with Crippen molar-refractivity contribution in [3.63, 3.8) is 0 Å². The molecule has 5 heteroatoms. The Bertz CT molecular complexity index is 701. The second kappa shape index (κ2) is 8.45. The van der Waals surface area contributed by atoms with Crippen LogP contribution in [0, 0.1) is 12.7 Å². The lowest BCUT2D eigenvalue weighted by Crippen LogP contribution is -2.29. The zero-order valence-corrected chi connectivity index (χ0v) is 14.4. The number of nitrogens with one attached hydrogen (secondary N) is 2. The quantitative estimate of drug-likeness (QED) is 0.821. The average molecular weight is 329 g/mol. The van der Waals surface area contributed by atoms with Gasteiger partial charge >= 0.3 is 0 Å². The fraction of sp³-hybridized carbons (Fsp3) is 0.316. The van der Waals surface area contributed by atoms with Gasteiger partial charge in [0.1, 0.15) is 5.82 Å².